The summed E-state index contributed by atoms with van der Waals surface area (Å²) in [4.78, 5) is 22.5. The highest BCUT2D eigenvalue weighted by Gasteiger charge is 2.24. The van der Waals surface area contributed by atoms with E-state index in [1.807, 2.05) is 5.38 Å². The van der Waals surface area contributed by atoms with Crippen molar-refractivity contribution in [3.63, 3.8) is 0 Å². The number of hydrogen-bond donors (Lipinski definition) is 3. The van der Waals surface area contributed by atoms with E-state index in [0.717, 1.165) is 56.7 Å². The van der Waals surface area contributed by atoms with Crippen molar-refractivity contribution in [3.8, 4) is 11.5 Å². The fourth-order valence-electron chi connectivity index (χ4n) is 3.35. The minimum Gasteiger partial charge on any atom is -0.379 e. The Balaban J connectivity index is 1.35. The maximum Gasteiger partial charge on any atom is 0.319 e. The maximum absolute atomic E-state index is 12.1. The molecule has 3 heterocycles. The first kappa shape index (κ1) is 17.6. The second-order valence-corrected chi connectivity index (χ2v) is 7.90. The summed E-state index contributed by atoms with van der Waals surface area (Å²) in [6.07, 6.45) is 2.11. The van der Waals surface area contributed by atoms with Gasteiger partial charge in [-0.1, -0.05) is 6.07 Å². The molecule has 0 bridgehead atoms. The summed E-state index contributed by atoms with van der Waals surface area (Å²) in [5.41, 5.74) is 4.44. The van der Waals surface area contributed by atoms with E-state index in [1.54, 1.807) is 0 Å². The largest absolute Gasteiger partial charge is 0.379 e. The van der Waals surface area contributed by atoms with Gasteiger partial charge in [-0.05, 0) is 42.1 Å². The van der Waals surface area contributed by atoms with E-state index in [9.17, 15) is 4.79 Å². The molecule has 0 atom stereocenters. The Hall–Kier alpha value is -2.49. The standard InChI is InChI=1S/C19H22N6O2S/c26-19(20-13-2-3-13)23-16-11-28-24-17(16)18-21-14-4-1-12(9-15(14)22-18)10-25-5-7-27-8-6-25/h1,4,9,11,13H,2-3,5-8,10H2,(H,21,22)(H2,20,23,26). The molecule has 1 saturated heterocycles. The van der Waals surface area contributed by atoms with Crippen LogP contribution in [0.2, 0.25) is 0 Å². The van der Waals surface area contributed by atoms with Gasteiger partial charge >= 0.3 is 6.03 Å². The number of aromatic amines is 1. The summed E-state index contributed by atoms with van der Waals surface area (Å²) in [5, 5.41) is 7.65. The number of amides is 2. The average Bonchev–Trinajstić information content (AvgIpc) is 3.22. The maximum atomic E-state index is 12.1. The van der Waals surface area contributed by atoms with Crippen molar-refractivity contribution in [2.24, 2.45) is 0 Å². The Bertz CT molecular complexity index is 989. The Morgan fingerprint density at radius 2 is 2.18 bits per heavy atom. The number of hydrogen-bond acceptors (Lipinski definition) is 6. The second-order valence-electron chi connectivity index (χ2n) is 7.27. The number of morpholine rings is 1. The summed E-state index contributed by atoms with van der Waals surface area (Å²) in [7, 11) is 0. The molecule has 1 aliphatic heterocycles. The predicted octanol–water partition coefficient (Wildman–Crippen LogP) is 2.80. The fraction of sp³-hybridized carbons (Fsp3) is 0.421. The SMILES string of the molecule is O=C(Nc1csnc1-c1nc2cc(CN3CCOCC3)ccc2[nH]1)NC1CC1. The molecule has 3 N–H and O–H groups in total. The number of anilines is 1. The minimum absolute atomic E-state index is 0.187. The number of nitrogens with one attached hydrogen (secondary N) is 3. The molecule has 2 aliphatic rings. The molecular weight excluding hydrogens is 376 g/mol. The summed E-state index contributed by atoms with van der Waals surface area (Å²) in [5.74, 6) is 0.668. The van der Waals surface area contributed by atoms with Crippen LogP contribution in [0.4, 0.5) is 10.5 Å². The van der Waals surface area contributed by atoms with Crippen molar-refractivity contribution < 1.29 is 9.53 Å². The Kier molecular flexibility index (Phi) is 4.71. The number of fused-ring (bicyclic) bond motifs is 1. The molecule has 0 spiro atoms. The van der Waals surface area contributed by atoms with Gasteiger partial charge in [0.25, 0.3) is 0 Å². The molecule has 1 aromatic carbocycles. The summed E-state index contributed by atoms with van der Waals surface area (Å²) in [6.45, 7) is 4.40. The van der Waals surface area contributed by atoms with Gasteiger partial charge in [-0.3, -0.25) is 4.90 Å². The fourth-order valence-corrected chi connectivity index (χ4v) is 3.97. The van der Waals surface area contributed by atoms with Crippen LogP contribution in [0.5, 0.6) is 0 Å². The molecule has 0 radical (unpaired) electrons. The predicted molar refractivity (Wildman–Crippen MR) is 108 cm³/mol. The number of imidazole rings is 1. The van der Waals surface area contributed by atoms with Crippen LogP contribution in [0.1, 0.15) is 18.4 Å². The number of urea groups is 1. The monoisotopic (exact) mass is 398 g/mol. The van der Waals surface area contributed by atoms with Crippen molar-refractivity contribution in [3.05, 3.63) is 29.1 Å². The van der Waals surface area contributed by atoms with Gasteiger partial charge in [0.1, 0.15) is 5.69 Å². The Morgan fingerprint density at radius 3 is 3.00 bits per heavy atom. The van der Waals surface area contributed by atoms with Crippen LogP contribution in [-0.4, -0.2) is 57.6 Å². The van der Waals surface area contributed by atoms with Gasteiger partial charge in [0.2, 0.25) is 0 Å². The van der Waals surface area contributed by atoms with E-state index in [0.29, 0.717) is 23.2 Å². The van der Waals surface area contributed by atoms with Crippen molar-refractivity contribution in [2.75, 3.05) is 31.6 Å². The molecule has 3 aromatic rings. The van der Waals surface area contributed by atoms with Gasteiger partial charge in [0.15, 0.2) is 5.82 Å². The summed E-state index contributed by atoms with van der Waals surface area (Å²) in [6, 6.07) is 6.42. The van der Waals surface area contributed by atoms with Crippen molar-refractivity contribution >= 4 is 34.3 Å². The van der Waals surface area contributed by atoms with Crippen molar-refractivity contribution in [2.45, 2.75) is 25.4 Å². The van der Waals surface area contributed by atoms with Crippen LogP contribution in [0.15, 0.2) is 23.6 Å². The molecule has 2 aromatic heterocycles. The lowest BCUT2D eigenvalue weighted by Gasteiger charge is -2.26. The summed E-state index contributed by atoms with van der Waals surface area (Å²) < 4.78 is 9.84. The number of carbonyl (C=O) groups excluding carboxylic acids is 1. The molecule has 1 aliphatic carbocycles. The first-order valence-corrected chi connectivity index (χ1v) is 10.4. The highest BCUT2D eigenvalue weighted by atomic mass is 32.1. The van der Waals surface area contributed by atoms with Gasteiger partial charge in [-0.25, -0.2) is 9.78 Å². The number of aromatic nitrogens is 3. The number of carbonyl (C=O) groups is 1. The van der Waals surface area contributed by atoms with E-state index in [1.165, 1.54) is 17.1 Å². The highest BCUT2D eigenvalue weighted by Crippen LogP contribution is 2.29. The lowest BCUT2D eigenvalue weighted by atomic mass is 10.2. The van der Waals surface area contributed by atoms with Crippen LogP contribution in [0.3, 0.4) is 0 Å². The van der Waals surface area contributed by atoms with Crippen LogP contribution in [0, 0.1) is 0 Å². The minimum atomic E-state index is -0.187. The van der Waals surface area contributed by atoms with Crippen LogP contribution in [0.25, 0.3) is 22.6 Å². The summed E-state index contributed by atoms with van der Waals surface area (Å²) >= 11 is 1.30. The van der Waals surface area contributed by atoms with Gasteiger partial charge in [-0.2, -0.15) is 4.37 Å². The number of ether oxygens (including phenoxy) is 1. The molecular formula is C19H22N6O2S. The zero-order chi connectivity index (χ0) is 18.9. The molecule has 8 nitrogen and oxygen atoms in total. The van der Waals surface area contributed by atoms with E-state index < -0.39 is 0 Å². The molecule has 146 valence electrons. The molecule has 2 amide bonds. The van der Waals surface area contributed by atoms with E-state index in [4.69, 9.17) is 9.72 Å². The van der Waals surface area contributed by atoms with Gasteiger partial charge in [0, 0.05) is 31.1 Å². The third-order valence-corrected chi connectivity index (χ3v) is 5.64. The normalized spacial score (nSPS) is 17.7. The molecule has 28 heavy (non-hydrogen) atoms. The topological polar surface area (TPSA) is 95.2 Å². The zero-order valence-corrected chi connectivity index (χ0v) is 16.2. The van der Waals surface area contributed by atoms with E-state index >= 15 is 0 Å². The third-order valence-electron chi connectivity index (χ3n) is 5.01. The Labute approximate surface area is 166 Å². The lowest BCUT2D eigenvalue weighted by Crippen LogP contribution is -2.35. The second kappa shape index (κ2) is 7.50. The number of nitrogens with zero attached hydrogens (tertiary/aromatic N) is 3. The molecule has 0 unspecified atom stereocenters. The van der Waals surface area contributed by atoms with E-state index in [-0.39, 0.29) is 6.03 Å². The van der Waals surface area contributed by atoms with Crippen LogP contribution < -0.4 is 10.6 Å². The van der Waals surface area contributed by atoms with Crippen LogP contribution >= 0.6 is 11.5 Å². The number of rotatable bonds is 5. The first-order chi connectivity index (χ1) is 13.7. The smallest absolute Gasteiger partial charge is 0.319 e. The van der Waals surface area contributed by atoms with Crippen molar-refractivity contribution in [1.29, 1.82) is 0 Å². The first-order valence-electron chi connectivity index (χ1n) is 9.55. The number of benzene rings is 1. The van der Waals surface area contributed by atoms with Crippen molar-refractivity contribution in [1.82, 2.24) is 24.6 Å². The molecule has 1 saturated carbocycles. The zero-order valence-electron chi connectivity index (χ0n) is 15.4. The average molecular weight is 398 g/mol. The van der Waals surface area contributed by atoms with Gasteiger partial charge in [-0.15, -0.1) is 0 Å². The van der Waals surface area contributed by atoms with Gasteiger partial charge < -0.3 is 20.4 Å². The third kappa shape index (κ3) is 3.87. The molecule has 2 fully saturated rings. The van der Waals surface area contributed by atoms with Crippen LogP contribution in [-0.2, 0) is 11.3 Å². The lowest BCUT2D eigenvalue weighted by molar-refractivity contribution is 0.0342. The molecule has 9 heteroatoms. The quantitative estimate of drug-likeness (QED) is 0.614. The highest BCUT2D eigenvalue weighted by molar-refractivity contribution is 7.04. The van der Waals surface area contributed by atoms with E-state index in [2.05, 4.69) is 43.1 Å². The Morgan fingerprint density at radius 1 is 1.32 bits per heavy atom. The molecule has 5 rings (SSSR count). The van der Waals surface area contributed by atoms with Gasteiger partial charge in [0.05, 0.1) is 29.9 Å². The number of H-pyrrole nitrogens is 1.